The molecule has 0 amide bonds. The van der Waals surface area contributed by atoms with E-state index >= 15 is 0 Å². The first kappa shape index (κ1) is 8.52. The van der Waals surface area contributed by atoms with Gasteiger partial charge in [0.15, 0.2) is 0 Å². The average Bonchev–Trinajstić information content (AvgIpc) is 2.78. The van der Waals surface area contributed by atoms with Gasteiger partial charge in [-0.3, -0.25) is 4.90 Å². The van der Waals surface area contributed by atoms with E-state index in [4.69, 9.17) is 4.74 Å². The van der Waals surface area contributed by atoms with Crippen LogP contribution in [0.15, 0.2) is 0 Å². The van der Waals surface area contributed by atoms with Gasteiger partial charge in [-0.25, -0.2) is 0 Å². The summed E-state index contributed by atoms with van der Waals surface area (Å²) < 4.78 is 5.25. The van der Waals surface area contributed by atoms with Gasteiger partial charge in [0.05, 0.1) is 12.7 Å². The Bertz CT molecular complexity index is 136. The van der Waals surface area contributed by atoms with Crippen LogP contribution >= 0.6 is 0 Å². The minimum absolute atomic E-state index is 0.561. The minimum atomic E-state index is 0.561. The van der Waals surface area contributed by atoms with Crippen LogP contribution in [0.4, 0.5) is 0 Å². The quantitative estimate of drug-likeness (QED) is 0.580. The van der Waals surface area contributed by atoms with Gasteiger partial charge in [0.1, 0.15) is 0 Å². The molecule has 70 valence electrons. The topological polar surface area (TPSA) is 15.8 Å². The van der Waals surface area contributed by atoms with Crippen molar-refractivity contribution in [2.24, 2.45) is 5.92 Å². The molecule has 0 aromatic heterocycles. The maximum Gasteiger partial charge on any atom is 0.0936 e. The molecule has 0 aromatic rings. The fraction of sp³-hybridized carbons (Fsp3) is 1.00. The van der Waals surface area contributed by atoms with E-state index in [-0.39, 0.29) is 0 Å². The van der Waals surface area contributed by atoms with Gasteiger partial charge in [-0.1, -0.05) is 0 Å². The lowest BCUT2D eigenvalue weighted by Crippen LogP contribution is -2.35. The summed E-state index contributed by atoms with van der Waals surface area (Å²) in [7, 11) is 0. The van der Waals surface area contributed by atoms with Crippen molar-refractivity contribution in [3.63, 3.8) is 0 Å². The monoisotopic (exact) mass is 169 g/mol. The van der Waals surface area contributed by atoms with Gasteiger partial charge in [-0.2, -0.15) is 0 Å². The van der Waals surface area contributed by atoms with Gasteiger partial charge >= 0.3 is 0 Å². The molecule has 0 aromatic carbocycles. The highest BCUT2D eigenvalue weighted by Crippen LogP contribution is 2.30. The first-order valence-electron chi connectivity index (χ1n) is 5.11. The molecule has 1 atom stereocenters. The Hall–Kier alpha value is -0.0800. The molecule has 1 heterocycles. The van der Waals surface area contributed by atoms with Gasteiger partial charge in [0, 0.05) is 19.1 Å². The van der Waals surface area contributed by atoms with Gasteiger partial charge in [-0.05, 0) is 32.6 Å². The highest BCUT2D eigenvalue weighted by Gasteiger charge is 2.30. The number of hydrogen-bond acceptors (Lipinski definition) is 2. The minimum Gasteiger partial charge on any atom is -0.372 e. The third-order valence-corrected chi connectivity index (χ3v) is 2.76. The molecule has 0 bridgehead atoms. The third kappa shape index (κ3) is 2.46. The fourth-order valence-corrected chi connectivity index (χ4v) is 1.56. The second-order valence-corrected chi connectivity index (χ2v) is 4.45. The van der Waals surface area contributed by atoms with Crippen molar-refractivity contribution in [3.05, 3.63) is 0 Å². The second kappa shape index (κ2) is 3.35. The molecule has 0 spiro atoms. The Balaban J connectivity index is 1.74. The molecular formula is C10H19NO. The van der Waals surface area contributed by atoms with E-state index in [1.807, 2.05) is 0 Å². The Kier molecular flexibility index (Phi) is 2.37. The van der Waals surface area contributed by atoms with Gasteiger partial charge in [-0.15, -0.1) is 0 Å². The van der Waals surface area contributed by atoms with Crippen LogP contribution in [0.2, 0.25) is 0 Å². The maximum absolute atomic E-state index is 5.25. The van der Waals surface area contributed by atoms with Gasteiger partial charge < -0.3 is 4.74 Å². The molecule has 0 radical (unpaired) electrons. The normalized spacial score (nSPS) is 28.5. The van der Waals surface area contributed by atoms with Crippen molar-refractivity contribution in [3.8, 4) is 0 Å². The summed E-state index contributed by atoms with van der Waals surface area (Å²) in [4.78, 5) is 2.56. The van der Waals surface area contributed by atoms with Crippen LogP contribution in [0.1, 0.15) is 26.7 Å². The largest absolute Gasteiger partial charge is 0.372 e. The van der Waals surface area contributed by atoms with Crippen molar-refractivity contribution < 1.29 is 4.74 Å². The van der Waals surface area contributed by atoms with Crippen LogP contribution < -0.4 is 0 Å². The SMILES string of the molecule is CC(C)N(CC1CC1)CC1CO1. The molecule has 12 heavy (non-hydrogen) atoms. The van der Waals surface area contributed by atoms with Crippen molar-refractivity contribution in [2.45, 2.75) is 38.8 Å². The zero-order valence-electron chi connectivity index (χ0n) is 8.12. The zero-order chi connectivity index (χ0) is 8.55. The molecule has 2 heteroatoms. The Morgan fingerprint density at radius 3 is 2.42 bits per heavy atom. The Labute approximate surface area is 74.9 Å². The van der Waals surface area contributed by atoms with Gasteiger partial charge in [0.25, 0.3) is 0 Å². The van der Waals surface area contributed by atoms with E-state index < -0.39 is 0 Å². The summed E-state index contributed by atoms with van der Waals surface area (Å²) in [5, 5.41) is 0. The number of ether oxygens (including phenoxy) is 1. The molecule has 1 aliphatic heterocycles. The lowest BCUT2D eigenvalue weighted by molar-refractivity contribution is 0.192. The molecule has 1 aliphatic carbocycles. The van der Waals surface area contributed by atoms with Crippen LogP contribution in [0, 0.1) is 5.92 Å². The van der Waals surface area contributed by atoms with Crippen molar-refractivity contribution in [1.29, 1.82) is 0 Å². The number of epoxide rings is 1. The van der Waals surface area contributed by atoms with E-state index in [9.17, 15) is 0 Å². The van der Waals surface area contributed by atoms with E-state index in [1.165, 1.54) is 19.4 Å². The summed E-state index contributed by atoms with van der Waals surface area (Å²) in [5.41, 5.74) is 0. The summed E-state index contributed by atoms with van der Waals surface area (Å²) >= 11 is 0. The first-order valence-corrected chi connectivity index (χ1v) is 5.11. The second-order valence-electron chi connectivity index (χ2n) is 4.45. The smallest absolute Gasteiger partial charge is 0.0936 e. The van der Waals surface area contributed by atoms with Crippen molar-refractivity contribution in [1.82, 2.24) is 4.90 Å². The predicted octanol–water partition coefficient (Wildman–Crippen LogP) is 1.51. The zero-order valence-corrected chi connectivity index (χ0v) is 8.12. The Morgan fingerprint density at radius 2 is 2.00 bits per heavy atom. The number of rotatable bonds is 5. The molecule has 1 saturated heterocycles. The fourth-order valence-electron chi connectivity index (χ4n) is 1.56. The van der Waals surface area contributed by atoms with Crippen LogP contribution in [0.5, 0.6) is 0 Å². The van der Waals surface area contributed by atoms with Gasteiger partial charge in [0.2, 0.25) is 0 Å². The highest BCUT2D eigenvalue weighted by atomic mass is 16.6. The van der Waals surface area contributed by atoms with Crippen LogP contribution in [0.25, 0.3) is 0 Å². The van der Waals surface area contributed by atoms with Crippen LogP contribution in [-0.2, 0) is 4.74 Å². The average molecular weight is 169 g/mol. The molecule has 1 saturated carbocycles. The molecule has 1 unspecified atom stereocenters. The highest BCUT2D eigenvalue weighted by molar-refractivity contribution is 4.82. The molecule has 2 aliphatic rings. The number of nitrogens with zero attached hydrogens (tertiary/aromatic N) is 1. The van der Waals surface area contributed by atoms with E-state index in [0.29, 0.717) is 12.1 Å². The van der Waals surface area contributed by atoms with Crippen molar-refractivity contribution >= 4 is 0 Å². The van der Waals surface area contributed by atoms with E-state index in [1.54, 1.807) is 0 Å². The van der Waals surface area contributed by atoms with E-state index in [2.05, 4.69) is 18.7 Å². The molecule has 2 nitrogen and oxygen atoms in total. The predicted molar refractivity (Wildman–Crippen MR) is 49.2 cm³/mol. The summed E-state index contributed by atoms with van der Waals surface area (Å²) in [6.07, 6.45) is 3.47. The Morgan fingerprint density at radius 1 is 1.33 bits per heavy atom. The molecule has 0 N–H and O–H groups in total. The summed E-state index contributed by atoms with van der Waals surface area (Å²) in [5.74, 6) is 1.01. The standard InChI is InChI=1S/C10H19NO/c1-8(2)11(5-9-3-4-9)6-10-7-12-10/h8-10H,3-7H2,1-2H3. The van der Waals surface area contributed by atoms with E-state index in [0.717, 1.165) is 19.1 Å². The third-order valence-electron chi connectivity index (χ3n) is 2.76. The molecule has 2 fully saturated rings. The van der Waals surface area contributed by atoms with Crippen molar-refractivity contribution in [2.75, 3.05) is 19.7 Å². The van der Waals surface area contributed by atoms with Crippen LogP contribution in [0.3, 0.4) is 0 Å². The summed E-state index contributed by atoms with van der Waals surface area (Å²) in [6.45, 7) is 8.02. The lowest BCUT2D eigenvalue weighted by Gasteiger charge is -2.25. The lowest BCUT2D eigenvalue weighted by atomic mass is 10.2. The molecular weight excluding hydrogens is 150 g/mol. The maximum atomic E-state index is 5.25. The summed E-state index contributed by atoms with van der Waals surface area (Å²) in [6, 6.07) is 0.690. The molecule has 2 rings (SSSR count). The number of hydrogen-bond donors (Lipinski definition) is 0. The first-order chi connectivity index (χ1) is 5.75. The van der Waals surface area contributed by atoms with Crippen LogP contribution in [-0.4, -0.2) is 36.7 Å².